The van der Waals surface area contributed by atoms with Crippen molar-refractivity contribution in [2.24, 2.45) is 5.41 Å². The summed E-state index contributed by atoms with van der Waals surface area (Å²) in [7, 11) is 3.33. The van der Waals surface area contributed by atoms with Gasteiger partial charge in [-0.1, -0.05) is 13.8 Å². The van der Waals surface area contributed by atoms with Gasteiger partial charge in [-0.25, -0.2) is 0 Å². The number of methoxy groups -OCH3 is 2. The zero-order chi connectivity index (χ0) is 13.3. The standard InChI is InChI=1S/C15H21ClO2/c1-15(2)6-5-10-7-13(17-3)14(18-4)8-11(10)12(16)9-15/h7-8,12H,5-6,9H2,1-4H3. The Hall–Kier alpha value is -0.890. The summed E-state index contributed by atoms with van der Waals surface area (Å²) < 4.78 is 10.7. The predicted molar refractivity (Wildman–Crippen MR) is 74.9 cm³/mol. The Morgan fingerprint density at radius 1 is 1.17 bits per heavy atom. The molecule has 0 amide bonds. The van der Waals surface area contributed by atoms with Gasteiger partial charge in [0.25, 0.3) is 0 Å². The first-order valence-corrected chi connectivity index (χ1v) is 6.79. The molecule has 0 N–H and O–H groups in total. The summed E-state index contributed by atoms with van der Waals surface area (Å²) in [4.78, 5) is 0. The van der Waals surface area contributed by atoms with E-state index < -0.39 is 0 Å². The number of aryl methyl sites for hydroxylation is 1. The van der Waals surface area contributed by atoms with Gasteiger partial charge in [-0.15, -0.1) is 11.6 Å². The molecule has 2 nitrogen and oxygen atoms in total. The molecule has 0 saturated carbocycles. The highest BCUT2D eigenvalue weighted by atomic mass is 35.5. The van der Waals surface area contributed by atoms with Gasteiger partial charge in [0.1, 0.15) is 0 Å². The second-order valence-corrected chi connectivity index (χ2v) is 6.27. The van der Waals surface area contributed by atoms with E-state index in [1.807, 2.05) is 6.07 Å². The van der Waals surface area contributed by atoms with E-state index >= 15 is 0 Å². The summed E-state index contributed by atoms with van der Waals surface area (Å²) in [6.07, 6.45) is 3.20. The van der Waals surface area contributed by atoms with E-state index in [2.05, 4.69) is 19.9 Å². The fourth-order valence-corrected chi connectivity index (χ4v) is 3.24. The molecule has 1 unspecified atom stereocenters. The lowest BCUT2D eigenvalue weighted by Gasteiger charge is -2.23. The van der Waals surface area contributed by atoms with Crippen LogP contribution in [-0.2, 0) is 6.42 Å². The molecule has 1 aromatic carbocycles. The van der Waals surface area contributed by atoms with Crippen LogP contribution in [-0.4, -0.2) is 14.2 Å². The van der Waals surface area contributed by atoms with Crippen molar-refractivity contribution < 1.29 is 9.47 Å². The Morgan fingerprint density at radius 3 is 2.39 bits per heavy atom. The number of hydrogen-bond donors (Lipinski definition) is 0. The van der Waals surface area contributed by atoms with Gasteiger partial charge in [-0.2, -0.15) is 0 Å². The third kappa shape index (κ3) is 2.59. The molecule has 0 aliphatic heterocycles. The average molecular weight is 269 g/mol. The molecular weight excluding hydrogens is 248 g/mol. The lowest BCUT2D eigenvalue weighted by atomic mass is 9.84. The molecule has 0 radical (unpaired) electrons. The van der Waals surface area contributed by atoms with E-state index in [1.54, 1.807) is 14.2 Å². The number of benzene rings is 1. The fraction of sp³-hybridized carbons (Fsp3) is 0.600. The molecule has 0 bridgehead atoms. The Kier molecular flexibility index (Phi) is 3.76. The third-order valence-corrected chi connectivity index (χ3v) is 4.18. The maximum Gasteiger partial charge on any atom is 0.161 e. The highest BCUT2D eigenvalue weighted by molar-refractivity contribution is 6.21. The van der Waals surface area contributed by atoms with Crippen LogP contribution in [0.25, 0.3) is 0 Å². The second-order valence-electron chi connectivity index (χ2n) is 5.74. The number of alkyl halides is 1. The van der Waals surface area contributed by atoms with Crippen molar-refractivity contribution in [3.63, 3.8) is 0 Å². The minimum Gasteiger partial charge on any atom is -0.493 e. The van der Waals surface area contributed by atoms with Crippen molar-refractivity contribution in [1.82, 2.24) is 0 Å². The quantitative estimate of drug-likeness (QED) is 0.587. The van der Waals surface area contributed by atoms with Crippen molar-refractivity contribution in [2.45, 2.75) is 38.5 Å². The van der Waals surface area contributed by atoms with Gasteiger partial charge in [0, 0.05) is 0 Å². The van der Waals surface area contributed by atoms with Gasteiger partial charge in [0.15, 0.2) is 11.5 Å². The highest BCUT2D eigenvalue weighted by Crippen LogP contribution is 2.45. The van der Waals surface area contributed by atoms with Crippen LogP contribution in [0.3, 0.4) is 0 Å². The van der Waals surface area contributed by atoms with E-state index in [-0.39, 0.29) is 10.8 Å². The smallest absolute Gasteiger partial charge is 0.161 e. The molecule has 1 atom stereocenters. The summed E-state index contributed by atoms with van der Waals surface area (Å²) >= 11 is 6.56. The van der Waals surface area contributed by atoms with E-state index in [4.69, 9.17) is 21.1 Å². The summed E-state index contributed by atoms with van der Waals surface area (Å²) in [5.41, 5.74) is 2.77. The average Bonchev–Trinajstić information content (AvgIpc) is 2.44. The molecule has 0 saturated heterocycles. The summed E-state index contributed by atoms with van der Waals surface area (Å²) in [6.45, 7) is 4.56. The monoisotopic (exact) mass is 268 g/mol. The maximum absolute atomic E-state index is 6.56. The molecule has 0 heterocycles. The molecule has 1 aliphatic rings. The molecular formula is C15H21ClO2. The van der Waals surface area contributed by atoms with Crippen LogP contribution < -0.4 is 9.47 Å². The van der Waals surface area contributed by atoms with Crippen molar-refractivity contribution in [3.05, 3.63) is 23.3 Å². The second kappa shape index (κ2) is 5.00. The third-order valence-electron chi connectivity index (χ3n) is 3.79. The first-order valence-electron chi connectivity index (χ1n) is 6.36. The Balaban J connectivity index is 2.46. The minimum atomic E-state index is 0.0531. The van der Waals surface area contributed by atoms with Crippen molar-refractivity contribution in [2.75, 3.05) is 14.2 Å². The molecule has 1 aromatic rings. The largest absolute Gasteiger partial charge is 0.493 e. The van der Waals surface area contributed by atoms with Crippen LogP contribution in [0, 0.1) is 5.41 Å². The molecule has 0 spiro atoms. The van der Waals surface area contributed by atoms with E-state index in [1.165, 1.54) is 11.1 Å². The zero-order valence-corrected chi connectivity index (χ0v) is 12.3. The van der Waals surface area contributed by atoms with Crippen LogP contribution in [0.15, 0.2) is 12.1 Å². The normalized spacial score (nSPS) is 21.9. The van der Waals surface area contributed by atoms with Crippen LogP contribution in [0.2, 0.25) is 0 Å². The van der Waals surface area contributed by atoms with Gasteiger partial charge < -0.3 is 9.47 Å². The topological polar surface area (TPSA) is 18.5 Å². The molecule has 18 heavy (non-hydrogen) atoms. The van der Waals surface area contributed by atoms with Crippen LogP contribution >= 0.6 is 11.6 Å². The summed E-state index contributed by atoms with van der Waals surface area (Å²) in [5, 5.41) is 0.0531. The minimum absolute atomic E-state index is 0.0531. The Morgan fingerprint density at radius 2 is 1.78 bits per heavy atom. The lowest BCUT2D eigenvalue weighted by Crippen LogP contribution is -2.11. The number of rotatable bonds is 2. The number of halogens is 1. The van der Waals surface area contributed by atoms with E-state index in [0.717, 1.165) is 30.8 Å². The maximum atomic E-state index is 6.56. The highest BCUT2D eigenvalue weighted by Gasteiger charge is 2.29. The number of hydrogen-bond acceptors (Lipinski definition) is 2. The van der Waals surface area contributed by atoms with Gasteiger partial charge in [0.2, 0.25) is 0 Å². The van der Waals surface area contributed by atoms with Crippen molar-refractivity contribution in [3.8, 4) is 11.5 Å². The van der Waals surface area contributed by atoms with Crippen molar-refractivity contribution in [1.29, 1.82) is 0 Å². The van der Waals surface area contributed by atoms with Gasteiger partial charge in [-0.3, -0.25) is 0 Å². The predicted octanol–water partition coefficient (Wildman–Crippen LogP) is 4.35. The molecule has 0 aromatic heterocycles. The first kappa shape index (κ1) is 13.5. The zero-order valence-electron chi connectivity index (χ0n) is 11.5. The van der Waals surface area contributed by atoms with Gasteiger partial charge in [-0.05, 0) is 47.9 Å². The van der Waals surface area contributed by atoms with E-state index in [9.17, 15) is 0 Å². The van der Waals surface area contributed by atoms with Crippen LogP contribution in [0.4, 0.5) is 0 Å². The first-order chi connectivity index (χ1) is 8.46. The number of fused-ring (bicyclic) bond motifs is 1. The summed E-state index contributed by atoms with van der Waals surface area (Å²) in [5.74, 6) is 1.56. The fourth-order valence-electron chi connectivity index (χ4n) is 2.62. The van der Waals surface area contributed by atoms with Gasteiger partial charge in [0.05, 0.1) is 19.6 Å². The molecule has 2 rings (SSSR count). The summed E-state index contributed by atoms with van der Waals surface area (Å²) in [6, 6.07) is 4.11. The number of ether oxygens (including phenoxy) is 2. The Bertz CT molecular complexity index is 440. The van der Waals surface area contributed by atoms with Crippen molar-refractivity contribution >= 4 is 11.6 Å². The molecule has 1 aliphatic carbocycles. The van der Waals surface area contributed by atoms with Gasteiger partial charge >= 0.3 is 0 Å². The van der Waals surface area contributed by atoms with E-state index in [0.29, 0.717) is 0 Å². The SMILES string of the molecule is COc1cc2c(cc1OC)C(Cl)CC(C)(C)CC2. The van der Waals surface area contributed by atoms with Crippen LogP contribution in [0.5, 0.6) is 11.5 Å². The molecule has 0 fully saturated rings. The van der Waals surface area contributed by atoms with Crippen LogP contribution in [0.1, 0.15) is 43.2 Å². The molecule has 100 valence electrons. The molecule has 3 heteroatoms. The Labute approximate surface area is 114 Å². The lowest BCUT2D eigenvalue weighted by molar-refractivity contribution is 0.313.